The summed E-state index contributed by atoms with van der Waals surface area (Å²) in [7, 11) is -3.59. The molecule has 0 N–H and O–H groups in total. The molecule has 3 aromatic rings. The van der Waals surface area contributed by atoms with Crippen molar-refractivity contribution in [1.29, 1.82) is 0 Å². The Labute approximate surface area is 145 Å². The molecule has 1 aliphatic heterocycles. The Kier molecular flexibility index (Phi) is 4.01. The zero-order valence-electron chi connectivity index (χ0n) is 13.4. The van der Waals surface area contributed by atoms with E-state index in [-0.39, 0.29) is 10.8 Å². The van der Waals surface area contributed by atoms with Crippen LogP contribution < -0.4 is 0 Å². The van der Waals surface area contributed by atoms with Gasteiger partial charge >= 0.3 is 0 Å². The molecule has 8 heteroatoms. The van der Waals surface area contributed by atoms with E-state index in [1.54, 1.807) is 0 Å². The number of hydrogen-bond acceptors (Lipinski definition) is 4. The lowest BCUT2D eigenvalue weighted by atomic mass is 9.97. The first-order valence-electron chi connectivity index (χ1n) is 8.11. The second-order valence-electron chi connectivity index (χ2n) is 6.12. The van der Waals surface area contributed by atoms with Crippen LogP contribution in [0, 0.1) is 5.82 Å². The molecule has 1 aromatic carbocycles. The highest BCUT2D eigenvalue weighted by molar-refractivity contribution is 7.89. The van der Waals surface area contributed by atoms with Crippen molar-refractivity contribution in [2.45, 2.75) is 23.7 Å². The molecule has 3 heterocycles. The van der Waals surface area contributed by atoms with E-state index in [1.165, 1.54) is 28.6 Å². The van der Waals surface area contributed by atoms with E-state index in [2.05, 4.69) is 10.2 Å². The minimum Gasteiger partial charge on any atom is -0.286 e. The van der Waals surface area contributed by atoms with Crippen LogP contribution in [0.4, 0.5) is 4.39 Å². The molecule has 0 amide bonds. The predicted octanol–water partition coefficient (Wildman–Crippen LogP) is 2.44. The Morgan fingerprint density at radius 2 is 1.72 bits per heavy atom. The van der Waals surface area contributed by atoms with Crippen molar-refractivity contribution < 1.29 is 12.8 Å². The molecule has 0 aliphatic carbocycles. The number of sulfonamides is 1. The maximum absolute atomic E-state index is 13.0. The van der Waals surface area contributed by atoms with Crippen LogP contribution in [0.3, 0.4) is 0 Å². The molecule has 0 spiro atoms. The van der Waals surface area contributed by atoms with Crippen LogP contribution in [0.15, 0.2) is 53.6 Å². The summed E-state index contributed by atoms with van der Waals surface area (Å²) in [4.78, 5) is 0.125. The van der Waals surface area contributed by atoms with E-state index in [1.807, 2.05) is 28.8 Å². The summed E-state index contributed by atoms with van der Waals surface area (Å²) in [6, 6.07) is 10.7. The second-order valence-corrected chi connectivity index (χ2v) is 8.06. The lowest BCUT2D eigenvalue weighted by molar-refractivity contribution is 0.312. The molecule has 0 unspecified atom stereocenters. The Morgan fingerprint density at radius 1 is 1.00 bits per heavy atom. The first kappa shape index (κ1) is 16.2. The molecule has 0 saturated carbocycles. The lowest BCUT2D eigenvalue weighted by Gasteiger charge is -2.30. The highest BCUT2D eigenvalue weighted by Gasteiger charge is 2.31. The van der Waals surface area contributed by atoms with Gasteiger partial charge in [-0.1, -0.05) is 6.07 Å². The molecule has 1 aliphatic rings. The fourth-order valence-corrected chi connectivity index (χ4v) is 4.72. The van der Waals surface area contributed by atoms with Gasteiger partial charge in [0.2, 0.25) is 10.0 Å². The molecule has 4 rings (SSSR count). The number of benzene rings is 1. The van der Waals surface area contributed by atoms with E-state index in [0.29, 0.717) is 25.9 Å². The van der Waals surface area contributed by atoms with Crippen LogP contribution in [0.25, 0.3) is 5.65 Å². The molecule has 6 nitrogen and oxygen atoms in total. The van der Waals surface area contributed by atoms with Gasteiger partial charge in [0, 0.05) is 25.2 Å². The molecule has 2 aromatic heterocycles. The van der Waals surface area contributed by atoms with E-state index < -0.39 is 15.8 Å². The summed E-state index contributed by atoms with van der Waals surface area (Å²) in [5, 5.41) is 8.44. The quantitative estimate of drug-likeness (QED) is 0.719. The molecule has 130 valence electrons. The number of pyridine rings is 1. The van der Waals surface area contributed by atoms with Crippen LogP contribution in [0.5, 0.6) is 0 Å². The molecular formula is C17H17FN4O2S. The summed E-state index contributed by atoms with van der Waals surface area (Å²) < 4.78 is 41.8. The average Bonchev–Trinajstić information content (AvgIpc) is 3.06. The summed E-state index contributed by atoms with van der Waals surface area (Å²) >= 11 is 0. The lowest BCUT2D eigenvalue weighted by Crippen LogP contribution is -2.38. The number of halogens is 1. The van der Waals surface area contributed by atoms with Crippen LogP contribution in [0.1, 0.15) is 24.6 Å². The third-order valence-corrected chi connectivity index (χ3v) is 6.52. The standard InChI is InChI=1S/C17H17FN4O2S/c18-14-4-6-15(7-5-14)25(23,24)21-11-8-13(9-12-21)17-20-19-16-3-1-2-10-22(16)17/h1-7,10,13H,8-9,11-12H2. The maximum atomic E-state index is 13.0. The van der Waals surface area contributed by atoms with Crippen molar-refractivity contribution in [1.82, 2.24) is 18.9 Å². The zero-order valence-corrected chi connectivity index (χ0v) is 14.2. The van der Waals surface area contributed by atoms with Crippen molar-refractivity contribution >= 4 is 15.7 Å². The van der Waals surface area contributed by atoms with Crippen molar-refractivity contribution in [2.75, 3.05) is 13.1 Å². The summed E-state index contributed by atoms with van der Waals surface area (Å²) in [5.74, 6) is 0.586. The Hall–Kier alpha value is -2.32. The smallest absolute Gasteiger partial charge is 0.243 e. The molecule has 0 radical (unpaired) electrons. The molecule has 1 saturated heterocycles. The number of hydrogen-bond donors (Lipinski definition) is 0. The summed E-state index contributed by atoms with van der Waals surface area (Å²) in [6.07, 6.45) is 3.28. The molecule has 0 atom stereocenters. The van der Waals surface area contributed by atoms with Gasteiger partial charge in [0.05, 0.1) is 4.90 Å². The molecular weight excluding hydrogens is 343 g/mol. The fraction of sp³-hybridized carbons (Fsp3) is 0.294. The zero-order chi connectivity index (χ0) is 17.4. The van der Waals surface area contributed by atoms with Crippen molar-refractivity contribution in [3.8, 4) is 0 Å². The van der Waals surface area contributed by atoms with Gasteiger partial charge < -0.3 is 0 Å². The highest BCUT2D eigenvalue weighted by atomic mass is 32.2. The maximum Gasteiger partial charge on any atom is 0.243 e. The average molecular weight is 360 g/mol. The van der Waals surface area contributed by atoms with Crippen LogP contribution in [-0.4, -0.2) is 40.4 Å². The van der Waals surface area contributed by atoms with Gasteiger partial charge in [0.15, 0.2) is 5.65 Å². The molecule has 25 heavy (non-hydrogen) atoms. The van der Waals surface area contributed by atoms with E-state index in [0.717, 1.165) is 11.5 Å². The normalized spacial score (nSPS) is 17.2. The largest absolute Gasteiger partial charge is 0.286 e. The Balaban J connectivity index is 1.52. The van der Waals surface area contributed by atoms with Crippen molar-refractivity contribution in [3.63, 3.8) is 0 Å². The van der Waals surface area contributed by atoms with Gasteiger partial charge in [-0.05, 0) is 49.2 Å². The number of nitrogens with zero attached hydrogens (tertiary/aromatic N) is 4. The highest BCUT2D eigenvalue weighted by Crippen LogP contribution is 2.30. The van der Waals surface area contributed by atoms with Crippen molar-refractivity contribution in [3.05, 3.63) is 60.3 Å². The van der Waals surface area contributed by atoms with E-state index >= 15 is 0 Å². The third kappa shape index (κ3) is 2.91. The predicted molar refractivity (Wildman–Crippen MR) is 90.1 cm³/mol. The van der Waals surface area contributed by atoms with Gasteiger partial charge in [0.1, 0.15) is 11.6 Å². The second kappa shape index (κ2) is 6.20. The SMILES string of the molecule is O=S(=O)(c1ccc(F)cc1)N1CCC(c2nnc3ccccn23)CC1. The van der Waals surface area contributed by atoms with Crippen LogP contribution >= 0.6 is 0 Å². The summed E-state index contributed by atoms with van der Waals surface area (Å²) in [6.45, 7) is 0.818. The van der Waals surface area contributed by atoms with Gasteiger partial charge in [-0.3, -0.25) is 4.40 Å². The fourth-order valence-electron chi connectivity index (χ4n) is 3.25. The topological polar surface area (TPSA) is 67.6 Å². The van der Waals surface area contributed by atoms with E-state index in [4.69, 9.17) is 0 Å². The van der Waals surface area contributed by atoms with Crippen molar-refractivity contribution in [2.24, 2.45) is 0 Å². The summed E-state index contributed by atoms with van der Waals surface area (Å²) in [5.41, 5.74) is 0.791. The first-order valence-corrected chi connectivity index (χ1v) is 9.55. The number of fused-ring (bicyclic) bond motifs is 1. The molecule has 0 bridgehead atoms. The third-order valence-electron chi connectivity index (χ3n) is 4.61. The Morgan fingerprint density at radius 3 is 2.44 bits per heavy atom. The first-order chi connectivity index (χ1) is 12.1. The van der Waals surface area contributed by atoms with Crippen LogP contribution in [0.2, 0.25) is 0 Å². The molecule has 1 fully saturated rings. The number of rotatable bonds is 3. The number of aromatic nitrogens is 3. The van der Waals surface area contributed by atoms with Gasteiger partial charge in [-0.15, -0.1) is 10.2 Å². The minimum absolute atomic E-state index is 0.125. The van der Waals surface area contributed by atoms with Gasteiger partial charge in [0.25, 0.3) is 0 Å². The van der Waals surface area contributed by atoms with Gasteiger partial charge in [-0.25, -0.2) is 12.8 Å². The van der Waals surface area contributed by atoms with E-state index in [9.17, 15) is 12.8 Å². The van der Waals surface area contributed by atoms with Gasteiger partial charge in [-0.2, -0.15) is 4.31 Å². The minimum atomic E-state index is -3.59. The number of piperidine rings is 1. The van der Waals surface area contributed by atoms with Crippen LogP contribution in [-0.2, 0) is 10.0 Å². The monoisotopic (exact) mass is 360 g/mol. The Bertz CT molecular complexity index is 993.